The maximum Gasteiger partial charge on any atom is 0.262 e. The summed E-state index contributed by atoms with van der Waals surface area (Å²) >= 11 is 4.67. The van der Waals surface area contributed by atoms with Crippen molar-refractivity contribution in [1.29, 1.82) is 0 Å². The summed E-state index contributed by atoms with van der Waals surface area (Å²) in [4.78, 5) is 29.7. The number of hydrogen-bond acceptors (Lipinski definition) is 4. The molecule has 1 fully saturated rings. The quantitative estimate of drug-likeness (QED) is 0.486. The van der Waals surface area contributed by atoms with Crippen molar-refractivity contribution in [2.24, 2.45) is 0 Å². The van der Waals surface area contributed by atoms with E-state index in [0.29, 0.717) is 16.1 Å². The molecular formula is C19H16BrN3O2S. The minimum atomic E-state index is -0.123. The molecule has 0 radical (unpaired) electrons. The average molecular weight is 430 g/mol. The van der Waals surface area contributed by atoms with Crippen LogP contribution in [0, 0.1) is 0 Å². The molecular weight excluding hydrogens is 414 g/mol. The zero-order valence-electron chi connectivity index (χ0n) is 13.8. The summed E-state index contributed by atoms with van der Waals surface area (Å²) < 4.78 is 2.71. The number of halogens is 1. The van der Waals surface area contributed by atoms with Gasteiger partial charge in [-0.1, -0.05) is 39.8 Å². The van der Waals surface area contributed by atoms with Gasteiger partial charge in [0, 0.05) is 16.2 Å². The van der Waals surface area contributed by atoms with Gasteiger partial charge >= 0.3 is 0 Å². The van der Waals surface area contributed by atoms with Crippen LogP contribution in [0.2, 0.25) is 0 Å². The van der Waals surface area contributed by atoms with Gasteiger partial charge in [0.2, 0.25) is 5.91 Å². The van der Waals surface area contributed by atoms with Crippen LogP contribution in [0.25, 0.3) is 10.9 Å². The Morgan fingerprint density at radius 3 is 2.65 bits per heavy atom. The summed E-state index contributed by atoms with van der Waals surface area (Å²) in [6, 6.07) is 15.0. The summed E-state index contributed by atoms with van der Waals surface area (Å²) in [5.41, 5.74) is 1.39. The van der Waals surface area contributed by atoms with E-state index >= 15 is 0 Å². The average Bonchev–Trinajstić information content (AvgIpc) is 3.47. The van der Waals surface area contributed by atoms with Crippen molar-refractivity contribution in [3.05, 3.63) is 63.4 Å². The van der Waals surface area contributed by atoms with Gasteiger partial charge in [-0.25, -0.2) is 4.98 Å². The number of amides is 1. The number of para-hydroxylation sites is 1. The van der Waals surface area contributed by atoms with Crippen LogP contribution < -0.4 is 10.9 Å². The van der Waals surface area contributed by atoms with Crippen LogP contribution in [0.1, 0.15) is 18.9 Å². The first-order chi connectivity index (χ1) is 12.6. The fraction of sp³-hybridized carbons (Fsp3) is 0.211. The maximum absolute atomic E-state index is 12.8. The minimum Gasteiger partial charge on any atom is -0.325 e. The Bertz CT molecular complexity index is 1030. The molecule has 0 atom stereocenters. The molecule has 1 aliphatic rings. The first kappa shape index (κ1) is 17.3. The Hall–Kier alpha value is -2.12. The van der Waals surface area contributed by atoms with Gasteiger partial charge in [-0.3, -0.25) is 14.2 Å². The van der Waals surface area contributed by atoms with Crippen molar-refractivity contribution in [1.82, 2.24) is 9.55 Å². The first-order valence-electron chi connectivity index (χ1n) is 8.31. The molecule has 1 amide bonds. The number of nitrogens with zero attached hydrogens (tertiary/aromatic N) is 2. The molecule has 3 aromatic rings. The summed E-state index contributed by atoms with van der Waals surface area (Å²) in [5, 5.41) is 4.10. The molecule has 0 aliphatic heterocycles. The largest absolute Gasteiger partial charge is 0.325 e. The van der Waals surface area contributed by atoms with Crippen molar-refractivity contribution in [3.8, 4) is 0 Å². The first-order valence-corrected chi connectivity index (χ1v) is 10.1. The van der Waals surface area contributed by atoms with E-state index < -0.39 is 0 Å². The van der Waals surface area contributed by atoms with Crippen LogP contribution >= 0.6 is 27.7 Å². The number of nitrogens with one attached hydrogen (secondary N) is 1. The Labute approximate surface area is 163 Å². The molecule has 4 rings (SSSR count). The Kier molecular flexibility index (Phi) is 4.82. The molecule has 7 heteroatoms. The van der Waals surface area contributed by atoms with E-state index in [-0.39, 0.29) is 23.3 Å². The standard InChI is InChI=1S/C19H16BrN3O2S/c20-12-5-7-13(8-6-12)21-17(24)11-26-19-22-16-4-2-1-3-15(16)18(25)23(19)14-9-10-14/h1-8,14H,9-11H2,(H,21,24). The molecule has 5 nitrogen and oxygen atoms in total. The van der Waals surface area contributed by atoms with Crippen LogP contribution in [0.15, 0.2) is 63.0 Å². The summed E-state index contributed by atoms with van der Waals surface area (Å²) in [6.45, 7) is 0. The molecule has 0 spiro atoms. The highest BCUT2D eigenvalue weighted by Gasteiger charge is 2.28. The van der Waals surface area contributed by atoms with Crippen molar-refractivity contribution >= 4 is 50.2 Å². The van der Waals surface area contributed by atoms with Crippen LogP contribution in [0.5, 0.6) is 0 Å². The van der Waals surface area contributed by atoms with E-state index in [1.807, 2.05) is 42.5 Å². The maximum atomic E-state index is 12.8. The van der Waals surface area contributed by atoms with Gasteiger partial charge in [-0.05, 0) is 49.2 Å². The summed E-state index contributed by atoms with van der Waals surface area (Å²) in [6.07, 6.45) is 1.97. The van der Waals surface area contributed by atoms with Crippen molar-refractivity contribution in [3.63, 3.8) is 0 Å². The lowest BCUT2D eigenvalue weighted by Gasteiger charge is -2.12. The van der Waals surface area contributed by atoms with E-state index in [1.165, 1.54) is 11.8 Å². The number of aromatic nitrogens is 2. The monoisotopic (exact) mass is 429 g/mol. The fourth-order valence-electron chi connectivity index (χ4n) is 2.74. The Balaban J connectivity index is 1.55. The van der Waals surface area contributed by atoms with Crippen molar-refractivity contribution in [2.45, 2.75) is 24.0 Å². The van der Waals surface area contributed by atoms with E-state index in [9.17, 15) is 9.59 Å². The number of carbonyl (C=O) groups is 1. The lowest BCUT2D eigenvalue weighted by Crippen LogP contribution is -2.23. The smallest absolute Gasteiger partial charge is 0.262 e. The van der Waals surface area contributed by atoms with Gasteiger partial charge in [0.1, 0.15) is 0 Å². The van der Waals surface area contributed by atoms with Gasteiger partial charge in [-0.15, -0.1) is 0 Å². The second-order valence-corrected chi connectivity index (χ2v) is 8.02. The number of benzene rings is 2. The molecule has 0 saturated heterocycles. The normalized spacial score (nSPS) is 13.7. The zero-order valence-corrected chi connectivity index (χ0v) is 16.2. The van der Waals surface area contributed by atoms with Crippen molar-refractivity contribution < 1.29 is 4.79 Å². The third-order valence-electron chi connectivity index (χ3n) is 4.15. The highest BCUT2D eigenvalue weighted by atomic mass is 79.9. The van der Waals surface area contributed by atoms with Crippen molar-refractivity contribution in [2.75, 3.05) is 11.1 Å². The van der Waals surface area contributed by atoms with Gasteiger partial charge in [0.25, 0.3) is 5.56 Å². The number of carbonyl (C=O) groups excluding carboxylic acids is 1. The van der Waals surface area contributed by atoms with Crippen LogP contribution in [0.4, 0.5) is 5.69 Å². The third-order valence-corrected chi connectivity index (χ3v) is 5.63. The van der Waals surface area contributed by atoms with Crippen LogP contribution in [0.3, 0.4) is 0 Å². The van der Waals surface area contributed by atoms with Gasteiger partial charge < -0.3 is 5.32 Å². The van der Waals surface area contributed by atoms with Crippen LogP contribution in [-0.2, 0) is 4.79 Å². The SMILES string of the molecule is O=C(CSc1nc2ccccc2c(=O)n1C1CC1)Nc1ccc(Br)cc1. The minimum absolute atomic E-state index is 0.0195. The molecule has 1 aliphatic carbocycles. The molecule has 1 heterocycles. The fourth-order valence-corrected chi connectivity index (χ4v) is 3.87. The summed E-state index contributed by atoms with van der Waals surface area (Å²) in [5.74, 6) is 0.0789. The number of hydrogen-bond donors (Lipinski definition) is 1. The number of anilines is 1. The highest BCUT2D eigenvalue weighted by Crippen LogP contribution is 2.36. The molecule has 1 N–H and O–H groups in total. The zero-order chi connectivity index (χ0) is 18.1. The number of fused-ring (bicyclic) bond motifs is 1. The predicted octanol–water partition coefficient (Wildman–Crippen LogP) is 4.22. The van der Waals surface area contributed by atoms with Gasteiger partial charge in [-0.2, -0.15) is 0 Å². The Morgan fingerprint density at radius 2 is 1.92 bits per heavy atom. The number of thioether (sulfide) groups is 1. The molecule has 1 aromatic heterocycles. The van der Waals surface area contributed by atoms with Gasteiger partial charge in [0.15, 0.2) is 5.16 Å². The molecule has 2 aromatic carbocycles. The molecule has 1 saturated carbocycles. The highest BCUT2D eigenvalue weighted by molar-refractivity contribution is 9.10. The Morgan fingerprint density at radius 1 is 1.19 bits per heavy atom. The lowest BCUT2D eigenvalue weighted by atomic mass is 10.2. The molecule has 0 unspecified atom stereocenters. The van der Waals surface area contributed by atoms with Crippen LogP contribution in [-0.4, -0.2) is 21.2 Å². The lowest BCUT2D eigenvalue weighted by molar-refractivity contribution is -0.113. The topological polar surface area (TPSA) is 64.0 Å². The molecule has 0 bridgehead atoms. The summed E-state index contributed by atoms with van der Waals surface area (Å²) in [7, 11) is 0. The molecule has 132 valence electrons. The van der Waals surface area contributed by atoms with E-state index in [0.717, 1.165) is 23.0 Å². The predicted molar refractivity (Wildman–Crippen MR) is 108 cm³/mol. The second-order valence-electron chi connectivity index (χ2n) is 6.16. The third kappa shape index (κ3) is 3.68. The van der Waals surface area contributed by atoms with E-state index in [1.54, 1.807) is 10.6 Å². The van der Waals surface area contributed by atoms with Gasteiger partial charge in [0.05, 0.1) is 16.7 Å². The van der Waals surface area contributed by atoms with E-state index in [2.05, 4.69) is 26.2 Å². The van der Waals surface area contributed by atoms with E-state index in [4.69, 9.17) is 0 Å². The molecule has 26 heavy (non-hydrogen) atoms. The number of rotatable bonds is 5. The second kappa shape index (κ2) is 7.25.